The SMILES string of the molecule is COc1ccc(NC(=O)/C(C#N)=C\NCCC(C)C)cc1OC. The summed E-state index contributed by atoms with van der Waals surface area (Å²) in [6, 6.07) is 6.90. The van der Waals surface area contributed by atoms with Crippen LogP contribution in [0.15, 0.2) is 30.0 Å². The molecule has 1 amide bonds. The molecule has 0 saturated heterocycles. The van der Waals surface area contributed by atoms with Gasteiger partial charge in [-0.15, -0.1) is 0 Å². The number of carbonyl (C=O) groups is 1. The van der Waals surface area contributed by atoms with E-state index < -0.39 is 5.91 Å². The second-order valence-electron chi connectivity index (χ2n) is 5.33. The second-order valence-corrected chi connectivity index (χ2v) is 5.33. The van der Waals surface area contributed by atoms with Gasteiger partial charge in [0.2, 0.25) is 0 Å². The van der Waals surface area contributed by atoms with Gasteiger partial charge < -0.3 is 20.1 Å². The van der Waals surface area contributed by atoms with E-state index in [-0.39, 0.29) is 5.57 Å². The number of nitrogens with zero attached hydrogens (tertiary/aromatic N) is 1. The van der Waals surface area contributed by atoms with Crippen molar-refractivity contribution in [1.82, 2.24) is 5.32 Å². The summed E-state index contributed by atoms with van der Waals surface area (Å²) < 4.78 is 10.3. The predicted molar refractivity (Wildman–Crippen MR) is 89.3 cm³/mol. The normalized spacial score (nSPS) is 10.9. The summed E-state index contributed by atoms with van der Waals surface area (Å²) in [7, 11) is 3.05. The van der Waals surface area contributed by atoms with Crippen molar-refractivity contribution in [2.24, 2.45) is 5.92 Å². The van der Waals surface area contributed by atoms with Gasteiger partial charge in [0.25, 0.3) is 5.91 Å². The van der Waals surface area contributed by atoms with Crippen LogP contribution in [0.4, 0.5) is 5.69 Å². The smallest absolute Gasteiger partial charge is 0.267 e. The zero-order chi connectivity index (χ0) is 17.2. The van der Waals surface area contributed by atoms with E-state index in [2.05, 4.69) is 24.5 Å². The van der Waals surface area contributed by atoms with Gasteiger partial charge >= 0.3 is 0 Å². The molecule has 23 heavy (non-hydrogen) atoms. The number of methoxy groups -OCH3 is 2. The van der Waals surface area contributed by atoms with E-state index in [1.807, 2.05) is 6.07 Å². The fourth-order valence-corrected chi connectivity index (χ4v) is 1.81. The summed E-state index contributed by atoms with van der Waals surface area (Å²) in [5, 5.41) is 14.8. The quantitative estimate of drug-likeness (QED) is 0.437. The van der Waals surface area contributed by atoms with Gasteiger partial charge in [-0.2, -0.15) is 5.26 Å². The lowest BCUT2D eigenvalue weighted by Crippen LogP contribution is -2.17. The number of nitriles is 1. The van der Waals surface area contributed by atoms with E-state index in [1.54, 1.807) is 18.2 Å². The highest BCUT2D eigenvalue weighted by Gasteiger charge is 2.11. The zero-order valence-corrected chi connectivity index (χ0v) is 14.0. The number of amides is 1. The topological polar surface area (TPSA) is 83.4 Å². The Morgan fingerprint density at radius 3 is 2.57 bits per heavy atom. The number of nitrogens with one attached hydrogen (secondary N) is 2. The van der Waals surface area contributed by atoms with Crippen molar-refractivity contribution >= 4 is 11.6 Å². The number of hydrogen-bond donors (Lipinski definition) is 2. The molecule has 0 heterocycles. The molecular formula is C17H23N3O3. The first-order chi connectivity index (χ1) is 11.0. The Morgan fingerprint density at radius 1 is 1.30 bits per heavy atom. The van der Waals surface area contributed by atoms with Crippen molar-refractivity contribution in [2.45, 2.75) is 20.3 Å². The molecular weight excluding hydrogens is 294 g/mol. The highest BCUT2D eigenvalue weighted by molar-refractivity contribution is 6.06. The minimum Gasteiger partial charge on any atom is -0.493 e. The molecule has 0 aliphatic heterocycles. The van der Waals surface area contributed by atoms with Crippen LogP contribution < -0.4 is 20.1 Å². The predicted octanol–water partition coefficient (Wildman–Crippen LogP) is 2.69. The lowest BCUT2D eigenvalue weighted by Gasteiger charge is -2.10. The van der Waals surface area contributed by atoms with Gasteiger partial charge in [0.1, 0.15) is 11.6 Å². The van der Waals surface area contributed by atoms with Crippen LogP contribution in [0.5, 0.6) is 11.5 Å². The molecule has 0 bridgehead atoms. The van der Waals surface area contributed by atoms with Gasteiger partial charge in [-0.25, -0.2) is 0 Å². The molecule has 124 valence electrons. The molecule has 0 saturated carbocycles. The Hall–Kier alpha value is -2.68. The molecule has 1 aromatic rings. The molecule has 0 aliphatic carbocycles. The fourth-order valence-electron chi connectivity index (χ4n) is 1.81. The van der Waals surface area contributed by atoms with Crippen LogP contribution >= 0.6 is 0 Å². The number of carbonyl (C=O) groups excluding carboxylic acids is 1. The van der Waals surface area contributed by atoms with Crippen molar-refractivity contribution in [3.05, 3.63) is 30.0 Å². The molecule has 0 radical (unpaired) electrons. The highest BCUT2D eigenvalue weighted by atomic mass is 16.5. The summed E-state index contributed by atoms with van der Waals surface area (Å²) in [5.74, 6) is 1.15. The molecule has 6 nitrogen and oxygen atoms in total. The molecule has 0 aliphatic rings. The van der Waals surface area contributed by atoms with Gasteiger partial charge in [-0.05, 0) is 24.5 Å². The van der Waals surface area contributed by atoms with Crippen molar-refractivity contribution in [3.8, 4) is 17.6 Å². The van der Waals surface area contributed by atoms with E-state index in [9.17, 15) is 4.79 Å². The first kappa shape index (κ1) is 18.4. The highest BCUT2D eigenvalue weighted by Crippen LogP contribution is 2.29. The zero-order valence-electron chi connectivity index (χ0n) is 14.0. The monoisotopic (exact) mass is 317 g/mol. The van der Waals surface area contributed by atoms with Crippen LogP contribution in [0.25, 0.3) is 0 Å². The molecule has 1 rings (SSSR count). The summed E-state index contributed by atoms with van der Waals surface area (Å²) in [5.41, 5.74) is 0.541. The molecule has 0 aromatic heterocycles. The summed E-state index contributed by atoms with van der Waals surface area (Å²) in [6.45, 7) is 4.94. The Morgan fingerprint density at radius 2 is 2.00 bits per heavy atom. The van der Waals surface area contributed by atoms with Crippen molar-refractivity contribution in [2.75, 3.05) is 26.1 Å². The summed E-state index contributed by atoms with van der Waals surface area (Å²) in [4.78, 5) is 12.1. The molecule has 0 unspecified atom stereocenters. The average Bonchev–Trinajstić information content (AvgIpc) is 2.54. The lowest BCUT2D eigenvalue weighted by molar-refractivity contribution is -0.112. The summed E-state index contributed by atoms with van der Waals surface area (Å²) >= 11 is 0. The third-order valence-electron chi connectivity index (χ3n) is 3.12. The number of benzene rings is 1. The van der Waals surface area contributed by atoms with E-state index in [4.69, 9.17) is 14.7 Å². The van der Waals surface area contributed by atoms with Gasteiger partial charge in [0, 0.05) is 24.5 Å². The molecule has 6 heteroatoms. The standard InChI is InChI=1S/C17H23N3O3/c1-12(2)7-8-19-11-13(10-18)17(21)20-14-5-6-15(22-3)16(9-14)23-4/h5-6,9,11-12,19H,7-8H2,1-4H3,(H,20,21)/b13-11-. The Bertz CT molecular complexity index is 604. The Kier molecular flexibility index (Phi) is 7.48. The van der Waals surface area contributed by atoms with Crippen LogP contribution in [0.3, 0.4) is 0 Å². The lowest BCUT2D eigenvalue weighted by atomic mass is 10.1. The van der Waals surface area contributed by atoms with Gasteiger partial charge in [0.05, 0.1) is 14.2 Å². The fraction of sp³-hybridized carbons (Fsp3) is 0.412. The molecule has 0 spiro atoms. The molecule has 1 aromatic carbocycles. The number of hydrogen-bond acceptors (Lipinski definition) is 5. The third-order valence-corrected chi connectivity index (χ3v) is 3.12. The number of rotatable bonds is 8. The van der Waals surface area contributed by atoms with Crippen molar-refractivity contribution in [3.63, 3.8) is 0 Å². The van der Waals surface area contributed by atoms with Crippen LogP contribution in [-0.4, -0.2) is 26.7 Å². The van der Waals surface area contributed by atoms with Crippen molar-refractivity contribution in [1.29, 1.82) is 5.26 Å². The Labute approximate surface area is 137 Å². The van der Waals surface area contributed by atoms with E-state index >= 15 is 0 Å². The Balaban J connectivity index is 2.73. The largest absolute Gasteiger partial charge is 0.493 e. The maximum atomic E-state index is 12.1. The first-order valence-electron chi connectivity index (χ1n) is 7.38. The van der Waals surface area contributed by atoms with Crippen molar-refractivity contribution < 1.29 is 14.3 Å². The summed E-state index contributed by atoms with van der Waals surface area (Å²) in [6.07, 6.45) is 2.41. The molecule has 2 N–H and O–H groups in total. The van der Waals surface area contributed by atoms with Gasteiger partial charge in [-0.3, -0.25) is 4.79 Å². The van der Waals surface area contributed by atoms with E-state index in [1.165, 1.54) is 20.4 Å². The van der Waals surface area contributed by atoms with Crippen LogP contribution in [0, 0.1) is 17.2 Å². The number of anilines is 1. The average molecular weight is 317 g/mol. The van der Waals surface area contributed by atoms with Crippen LogP contribution in [0.2, 0.25) is 0 Å². The molecule has 0 fully saturated rings. The first-order valence-corrected chi connectivity index (χ1v) is 7.38. The van der Waals surface area contributed by atoms with Gasteiger partial charge in [-0.1, -0.05) is 13.8 Å². The molecule has 0 atom stereocenters. The minimum absolute atomic E-state index is 0.0172. The maximum Gasteiger partial charge on any atom is 0.267 e. The maximum absolute atomic E-state index is 12.1. The number of ether oxygens (including phenoxy) is 2. The van der Waals surface area contributed by atoms with E-state index in [0.29, 0.717) is 29.6 Å². The van der Waals surface area contributed by atoms with E-state index in [0.717, 1.165) is 6.42 Å². The van der Waals surface area contributed by atoms with Crippen LogP contribution in [0.1, 0.15) is 20.3 Å². The minimum atomic E-state index is -0.475. The van der Waals surface area contributed by atoms with Gasteiger partial charge in [0.15, 0.2) is 11.5 Å². The second kappa shape index (κ2) is 9.36. The van der Waals surface area contributed by atoms with Crippen LogP contribution in [-0.2, 0) is 4.79 Å². The third kappa shape index (κ3) is 5.91.